The van der Waals surface area contributed by atoms with E-state index in [1.54, 1.807) is 28.3 Å². The average Bonchev–Trinajstić information content (AvgIpc) is 2.84. The van der Waals surface area contributed by atoms with Crippen molar-refractivity contribution in [1.82, 2.24) is 10.2 Å². The van der Waals surface area contributed by atoms with E-state index in [-0.39, 0.29) is 30.2 Å². The maximum absolute atomic E-state index is 13.3. The molecule has 0 atom stereocenters. The van der Waals surface area contributed by atoms with Gasteiger partial charge in [0.25, 0.3) is 0 Å². The highest BCUT2D eigenvalue weighted by molar-refractivity contribution is 5.88. The van der Waals surface area contributed by atoms with Crippen molar-refractivity contribution in [1.29, 1.82) is 0 Å². The molecule has 0 spiro atoms. The molecule has 0 aliphatic carbocycles. The molecule has 1 aromatic carbocycles. The Morgan fingerprint density at radius 1 is 0.917 bits per heavy atom. The van der Waals surface area contributed by atoms with Gasteiger partial charge in [-0.05, 0) is 48.8 Å². The molecule has 0 heterocycles. The standard InChI is InChI=1S/C29H50N2O5/c1-22(2)29(23(3)4,28(33)30-21-27(32)31(5)6)17-12-10-9-11-14-24-15-16-25(35-8)26(20-24)36-19-13-18-34-7/h15-16,20,22-23H,9-14,17-19,21H2,1-8H3,(H,30,33). The molecule has 0 radical (unpaired) electrons. The van der Waals surface area contributed by atoms with E-state index < -0.39 is 5.41 Å². The van der Waals surface area contributed by atoms with E-state index in [4.69, 9.17) is 14.2 Å². The third kappa shape index (κ3) is 9.64. The minimum atomic E-state index is -0.475. The summed E-state index contributed by atoms with van der Waals surface area (Å²) in [5.41, 5.74) is 0.763. The number of nitrogens with one attached hydrogen (secondary N) is 1. The quantitative estimate of drug-likeness (QED) is 0.280. The number of amides is 2. The Bertz CT molecular complexity index is 784. The average molecular weight is 507 g/mol. The molecule has 0 bridgehead atoms. The lowest BCUT2D eigenvalue weighted by atomic mass is 9.65. The second-order valence-electron chi connectivity index (χ2n) is 10.4. The number of hydrogen-bond acceptors (Lipinski definition) is 5. The molecule has 0 aliphatic rings. The number of unbranched alkanes of at least 4 members (excludes halogenated alkanes) is 3. The van der Waals surface area contributed by atoms with Gasteiger partial charge in [0.2, 0.25) is 11.8 Å². The van der Waals surface area contributed by atoms with Crippen molar-refractivity contribution >= 4 is 11.8 Å². The molecule has 1 N–H and O–H groups in total. The molecule has 0 aliphatic heterocycles. The van der Waals surface area contributed by atoms with Crippen LogP contribution in [0.2, 0.25) is 0 Å². The van der Waals surface area contributed by atoms with Gasteiger partial charge in [0.1, 0.15) is 0 Å². The molecule has 1 rings (SSSR count). The second-order valence-corrected chi connectivity index (χ2v) is 10.4. The monoisotopic (exact) mass is 506 g/mol. The lowest BCUT2D eigenvalue weighted by molar-refractivity contribution is -0.140. The van der Waals surface area contributed by atoms with Gasteiger partial charge >= 0.3 is 0 Å². The van der Waals surface area contributed by atoms with Crippen LogP contribution in [0.1, 0.15) is 71.8 Å². The number of likely N-dealkylation sites (N-methyl/N-ethyl adjacent to an activating group) is 1. The minimum Gasteiger partial charge on any atom is -0.493 e. The number of nitrogens with zero attached hydrogens (tertiary/aromatic N) is 1. The van der Waals surface area contributed by atoms with E-state index in [2.05, 4.69) is 45.1 Å². The van der Waals surface area contributed by atoms with Crippen molar-refractivity contribution in [2.24, 2.45) is 17.3 Å². The fraction of sp³-hybridized carbons (Fsp3) is 0.724. The Balaban J connectivity index is 2.61. The Hall–Kier alpha value is -2.28. The Kier molecular flexibility index (Phi) is 14.5. The van der Waals surface area contributed by atoms with E-state index >= 15 is 0 Å². The predicted molar refractivity (Wildman–Crippen MR) is 146 cm³/mol. The van der Waals surface area contributed by atoms with Crippen molar-refractivity contribution < 1.29 is 23.8 Å². The fourth-order valence-electron chi connectivity index (χ4n) is 4.84. The summed E-state index contributed by atoms with van der Waals surface area (Å²) in [6.07, 6.45) is 6.88. The fourth-order valence-corrected chi connectivity index (χ4v) is 4.84. The molecule has 1 aromatic rings. The van der Waals surface area contributed by atoms with Crippen molar-refractivity contribution in [2.45, 2.75) is 72.6 Å². The first-order valence-corrected chi connectivity index (χ1v) is 13.4. The number of aryl methyl sites for hydroxylation is 1. The summed E-state index contributed by atoms with van der Waals surface area (Å²) in [7, 11) is 6.76. The van der Waals surface area contributed by atoms with Gasteiger partial charge in [-0.15, -0.1) is 0 Å². The molecule has 0 saturated heterocycles. The van der Waals surface area contributed by atoms with E-state index in [0.717, 1.165) is 56.4 Å². The maximum Gasteiger partial charge on any atom is 0.241 e. The van der Waals surface area contributed by atoms with Crippen LogP contribution in [0.15, 0.2) is 18.2 Å². The van der Waals surface area contributed by atoms with Gasteiger partial charge in [0.05, 0.1) is 25.7 Å². The predicted octanol–water partition coefficient (Wildman–Crippen LogP) is 5.11. The number of hydrogen-bond donors (Lipinski definition) is 1. The van der Waals surface area contributed by atoms with Gasteiger partial charge in [-0.3, -0.25) is 9.59 Å². The van der Waals surface area contributed by atoms with Crippen LogP contribution in [0.3, 0.4) is 0 Å². The normalized spacial score (nSPS) is 11.6. The minimum absolute atomic E-state index is 0.000962. The summed E-state index contributed by atoms with van der Waals surface area (Å²) < 4.78 is 16.4. The van der Waals surface area contributed by atoms with Crippen molar-refractivity contribution in [3.05, 3.63) is 23.8 Å². The van der Waals surface area contributed by atoms with Crippen LogP contribution in [0.4, 0.5) is 0 Å². The Labute approximate surface area is 219 Å². The van der Waals surface area contributed by atoms with Gasteiger partial charge in [0, 0.05) is 34.2 Å². The molecular formula is C29H50N2O5. The van der Waals surface area contributed by atoms with Crippen LogP contribution in [0.25, 0.3) is 0 Å². The zero-order chi connectivity index (χ0) is 27.1. The van der Waals surface area contributed by atoms with Crippen LogP contribution in [-0.2, 0) is 20.7 Å². The molecule has 2 amide bonds. The van der Waals surface area contributed by atoms with Crippen LogP contribution >= 0.6 is 0 Å². The summed E-state index contributed by atoms with van der Waals surface area (Å²) in [4.78, 5) is 26.8. The Morgan fingerprint density at radius 3 is 2.17 bits per heavy atom. The first kappa shape index (κ1) is 31.7. The topological polar surface area (TPSA) is 77.1 Å². The van der Waals surface area contributed by atoms with Crippen molar-refractivity contribution in [2.75, 3.05) is 48.1 Å². The first-order valence-electron chi connectivity index (χ1n) is 13.4. The molecule has 0 unspecified atom stereocenters. The van der Waals surface area contributed by atoms with Crippen molar-refractivity contribution in [3.8, 4) is 11.5 Å². The molecule has 206 valence electrons. The first-order chi connectivity index (χ1) is 17.1. The largest absolute Gasteiger partial charge is 0.493 e. The van der Waals surface area contributed by atoms with Crippen molar-refractivity contribution in [3.63, 3.8) is 0 Å². The SMILES string of the molecule is COCCCOc1cc(CCCCCCC(C(=O)NCC(=O)N(C)C)(C(C)C)C(C)C)ccc1OC. The summed E-state index contributed by atoms with van der Waals surface area (Å²) >= 11 is 0. The Morgan fingerprint density at radius 2 is 1.58 bits per heavy atom. The van der Waals surface area contributed by atoms with Gasteiger partial charge in [-0.1, -0.05) is 53.0 Å². The summed E-state index contributed by atoms with van der Waals surface area (Å²) in [6, 6.07) is 6.15. The van der Waals surface area contributed by atoms with Gasteiger partial charge in [-0.2, -0.15) is 0 Å². The van der Waals surface area contributed by atoms with E-state index in [9.17, 15) is 9.59 Å². The summed E-state index contributed by atoms with van der Waals surface area (Å²) in [5, 5.41) is 2.92. The third-order valence-corrected chi connectivity index (χ3v) is 7.17. The van der Waals surface area contributed by atoms with Crippen LogP contribution in [-0.4, -0.2) is 64.8 Å². The molecule has 7 heteroatoms. The third-order valence-electron chi connectivity index (χ3n) is 7.17. The number of carbonyl (C=O) groups is 2. The zero-order valence-electron chi connectivity index (χ0n) is 23.9. The van der Waals surface area contributed by atoms with Gasteiger partial charge < -0.3 is 24.4 Å². The number of ether oxygens (including phenoxy) is 3. The lowest BCUT2D eigenvalue weighted by Crippen LogP contribution is -2.50. The molecule has 0 fully saturated rings. The highest BCUT2D eigenvalue weighted by Gasteiger charge is 2.43. The molecule has 7 nitrogen and oxygen atoms in total. The van der Waals surface area contributed by atoms with E-state index in [1.165, 1.54) is 10.5 Å². The van der Waals surface area contributed by atoms with Crippen LogP contribution in [0, 0.1) is 17.3 Å². The molecule has 0 saturated carbocycles. The number of methoxy groups -OCH3 is 2. The summed E-state index contributed by atoms with van der Waals surface area (Å²) in [5.74, 6) is 1.82. The van der Waals surface area contributed by atoms with Crippen LogP contribution < -0.4 is 14.8 Å². The highest BCUT2D eigenvalue weighted by Crippen LogP contribution is 2.41. The number of benzene rings is 1. The molecule has 0 aromatic heterocycles. The highest BCUT2D eigenvalue weighted by atomic mass is 16.5. The zero-order valence-corrected chi connectivity index (χ0v) is 23.9. The van der Waals surface area contributed by atoms with Gasteiger partial charge in [0.15, 0.2) is 11.5 Å². The molecule has 36 heavy (non-hydrogen) atoms. The van der Waals surface area contributed by atoms with Crippen LogP contribution in [0.5, 0.6) is 11.5 Å². The number of rotatable bonds is 18. The maximum atomic E-state index is 13.3. The van der Waals surface area contributed by atoms with E-state index in [1.807, 2.05) is 6.07 Å². The van der Waals surface area contributed by atoms with E-state index in [0.29, 0.717) is 13.2 Å². The lowest BCUT2D eigenvalue weighted by Gasteiger charge is -2.40. The summed E-state index contributed by atoms with van der Waals surface area (Å²) in [6.45, 7) is 9.79. The second kappa shape index (κ2) is 16.5. The smallest absolute Gasteiger partial charge is 0.241 e. The van der Waals surface area contributed by atoms with Gasteiger partial charge in [-0.25, -0.2) is 0 Å². The number of carbonyl (C=O) groups excluding carboxylic acids is 2. The molecular weight excluding hydrogens is 456 g/mol.